The highest BCUT2D eigenvalue weighted by molar-refractivity contribution is 7.89. The molecule has 0 aliphatic heterocycles. The molecule has 0 unspecified atom stereocenters. The second-order valence-electron chi connectivity index (χ2n) is 4.55. The number of unbranched alkanes of at least 4 members (excludes halogenated alkanes) is 1. The maximum Gasteiger partial charge on any atom is 0.212 e. The summed E-state index contributed by atoms with van der Waals surface area (Å²) < 4.78 is 26.3. The number of nitrogens with one attached hydrogen (secondary N) is 1. The van der Waals surface area contributed by atoms with E-state index < -0.39 is 15.6 Å². The Bertz CT molecular complexity index is 372. The van der Waals surface area contributed by atoms with Crippen LogP contribution in [0.2, 0.25) is 0 Å². The summed E-state index contributed by atoms with van der Waals surface area (Å²) in [6.07, 6.45) is 4.38. The maximum atomic E-state index is 11.9. The van der Waals surface area contributed by atoms with Gasteiger partial charge in [-0.25, -0.2) is 13.1 Å². The topological polar surface area (TPSA) is 105 Å². The molecule has 1 saturated carbocycles. The van der Waals surface area contributed by atoms with E-state index in [1.165, 1.54) is 0 Å². The van der Waals surface area contributed by atoms with E-state index in [-0.39, 0.29) is 11.6 Å². The number of nitrogens with two attached hydrogens (primary N) is 1. The number of nitrogens with zero attached hydrogens (tertiary/aromatic N) is 1. The standard InChI is InChI=1S/C10H21N3O3S/c1-2-3-8-17(15,16)13-10(9(11)12-14)6-4-5-7-10/h13-14H,2-8H2,1H3,(H2,11,12). The Labute approximate surface area is 102 Å². The number of sulfonamides is 1. The van der Waals surface area contributed by atoms with Gasteiger partial charge in [0, 0.05) is 0 Å². The smallest absolute Gasteiger partial charge is 0.212 e. The molecule has 100 valence electrons. The molecule has 1 fully saturated rings. The molecule has 0 saturated heterocycles. The molecule has 0 radical (unpaired) electrons. The molecule has 4 N–H and O–H groups in total. The van der Waals surface area contributed by atoms with E-state index in [1.807, 2.05) is 6.92 Å². The third kappa shape index (κ3) is 3.57. The molecular weight excluding hydrogens is 242 g/mol. The van der Waals surface area contributed by atoms with Crippen molar-refractivity contribution in [3.05, 3.63) is 0 Å². The Hall–Kier alpha value is -0.820. The first kappa shape index (κ1) is 14.2. The molecular formula is C10H21N3O3S. The fourth-order valence-corrected chi connectivity index (χ4v) is 3.84. The molecule has 0 amide bonds. The van der Waals surface area contributed by atoms with Gasteiger partial charge < -0.3 is 10.9 Å². The zero-order chi connectivity index (χ0) is 12.9. The summed E-state index contributed by atoms with van der Waals surface area (Å²) in [5.74, 6) is 0.0549. The van der Waals surface area contributed by atoms with Crippen LogP contribution in [0.3, 0.4) is 0 Å². The predicted octanol–water partition coefficient (Wildman–Crippen LogP) is 0.765. The summed E-state index contributed by atoms with van der Waals surface area (Å²) in [6.45, 7) is 1.93. The molecule has 0 aromatic heterocycles. The number of oxime groups is 1. The lowest BCUT2D eigenvalue weighted by atomic mass is 9.98. The van der Waals surface area contributed by atoms with Crippen LogP contribution >= 0.6 is 0 Å². The minimum absolute atomic E-state index is 0.0323. The van der Waals surface area contributed by atoms with E-state index in [4.69, 9.17) is 10.9 Å². The van der Waals surface area contributed by atoms with Gasteiger partial charge in [0.1, 0.15) is 0 Å². The van der Waals surface area contributed by atoms with Gasteiger partial charge in [0.25, 0.3) is 0 Å². The van der Waals surface area contributed by atoms with Gasteiger partial charge in [0.15, 0.2) is 5.84 Å². The van der Waals surface area contributed by atoms with Crippen molar-refractivity contribution >= 4 is 15.9 Å². The van der Waals surface area contributed by atoms with Crippen LogP contribution < -0.4 is 10.5 Å². The Morgan fingerprint density at radius 2 is 2.06 bits per heavy atom. The van der Waals surface area contributed by atoms with Gasteiger partial charge >= 0.3 is 0 Å². The average Bonchev–Trinajstić information content (AvgIpc) is 2.74. The summed E-state index contributed by atoms with van der Waals surface area (Å²) in [4.78, 5) is 0. The van der Waals surface area contributed by atoms with E-state index in [0.717, 1.165) is 19.3 Å². The number of amidine groups is 1. The molecule has 1 aliphatic rings. The SMILES string of the molecule is CCCCS(=O)(=O)NC1(/C(N)=N/O)CCCC1. The molecule has 0 atom stereocenters. The van der Waals surface area contributed by atoms with E-state index in [0.29, 0.717) is 19.3 Å². The summed E-state index contributed by atoms with van der Waals surface area (Å²) in [6, 6.07) is 0. The van der Waals surface area contributed by atoms with Gasteiger partial charge in [-0.15, -0.1) is 0 Å². The van der Waals surface area contributed by atoms with E-state index in [9.17, 15) is 8.42 Å². The lowest BCUT2D eigenvalue weighted by Gasteiger charge is -2.28. The molecule has 0 spiro atoms. The van der Waals surface area contributed by atoms with Gasteiger partial charge in [-0.3, -0.25) is 0 Å². The Kier molecular flexibility index (Phi) is 4.76. The van der Waals surface area contributed by atoms with Crippen LogP contribution in [0.1, 0.15) is 45.4 Å². The first-order valence-electron chi connectivity index (χ1n) is 5.95. The molecule has 1 rings (SSSR count). The minimum Gasteiger partial charge on any atom is -0.409 e. The van der Waals surface area contributed by atoms with Crippen molar-refractivity contribution in [3.63, 3.8) is 0 Å². The molecule has 7 heteroatoms. The highest BCUT2D eigenvalue weighted by atomic mass is 32.2. The fourth-order valence-electron chi connectivity index (χ4n) is 2.17. The van der Waals surface area contributed by atoms with Crippen molar-refractivity contribution in [2.24, 2.45) is 10.9 Å². The molecule has 1 aliphatic carbocycles. The molecule has 6 nitrogen and oxygen atoms in total. The monoisotopic (exact) mass is 263 g/mol. The summed E-state index contributed by atoms with van der Waals surface area (Å²) in [7, 11) is -3.36. The predicted molar refractivity (Wildman–Crippen MR) is 66.4 cm³/mol. The zero-order valence-corrected chi connectivity index (χ0v) is 11.0. The maximum absolute atomic E-state index is 11.9. The summed E-state index contributed by atoms with van der Waals surface area (Å²) in [5.41, 5.74) is 4.75. The Morgan fingerprint density at radius 3 is 2.53 bits per heavy atom. The van der Waals surface area contributed by atoms with Crippen molar-refractivity contribution in [1.82, 2.24) is 4.72 Å². The van der Waals surface area contributed by atoms with Crippen LogP contribution in [0.25, 0.3) is 0 Å². The van der Waals surface area contributed by atoms with Crippen LogP contribution in [-0.4, -0.2) is 30.8 Å². The molecule has 0 aromatic rings. The van der Waals surface area contributed by atoms with Crippen molar-refractivity contribution in [3.8, 4) is 0 Å². The van der Waals surface area contributed by atoms with Gasteiger partial charge in [0.2, 0.25) is 10.0 Å². The quantitative estimate of drug-likeness (QED) is 0.285. The molecule has 0 heterocycles. The third-order valence-electron chi connectivity index (χ3n) is 3.17. The van der Waals surface area contributed by atoms with Crippen molar-refractivity contribution in [2.75, 3.05) is 5.75 Å². The number of rotatable bonds is 6. The van der Waals surface area contributed by atoms with Crippen molar-refractivity contribution in [1.29, 1.82) is 0 Å². The fraction of sp³-hybridized carbons (Fsp3) is 0.900. The van der Waals surface area contributed by atoms with Gasteiger partial charge in [-0.1, -0.05) is 31.3 Å². The lowest BCUT2D eigenvalue weighted by molar-refractivity contribution is 0.309. The van der Waals surface area contributed by atoms with Gasteiger partial charge in [-0.2, -0.15) is 0 Å². The first-order chi connectivity index (χ1) is 7.96. The van der Waals surface area contributed by atoms with Crippen LogP contribution in [-0.2, 0) is 10.0 Å². The van der Waals surface area contributed by atoms with E-state index >= 15 is 0 Å². The third-order valence-corrected chi connectivity index (χ3v) is 4.70. The highest BCUT2D eigenvalue weighted by Crippen LogP contribution is 2.30. The first-order valence-corrected chi connectivity index (χ1v) is 7.60. The normalized spacial score (nSPS) is 20.6. The van der Waals surface area contributed by atoms with E-state index in [1.54, 1.807) is 0 Å². The lowest BCUT2D eigenvalue weighted by Crippen LogP contribution is -2.56. The van der Waals surface area contributed by atoms with E-state index in [2.05, 4.69) is 9.88 Å². The van der Waals surface area contributed by atoms with Crippen LogP contribution in [0, 0.1) is 0 Å². The highest BCUT2D eigenvalue weighted by Gasteiger charge is 2.41. The van der Waals surface area contributed by atoms with Gasteiger partial charge in [0.05, 0.1) is 11.3 Å². The Balaban J connectivity index is 2.81. The van der Waals surface area contributed by atoms with Crippen LogP contribution in [0.5, 0.6) is 0 Å². The van der Waals surface area contributed by atoms with Crippen LogP contribution in [0.4, 0.5) is 0 Å². The van der Waals surface area contributed by atoms with Gasteiger partial charge in [-0.05, 0) is 19.3 Å². The molecule has 0 aromatic carbocycles. The Morgan fingerprint density at radius 1 is 1.47 bits per heavy atom. The largest absolute Gasteiger partial charge is 0.409 e. The minimum atomic E-state index is -3.36. The van der Waals surface area contributed by atoms with Crippen LogP contribution in [0.15, 0.2) is 5.16 Å². The average molecular weight is 263 g/mol. The summed E-state index contributed by atoms with van der Waals surface area (Å²) in [5, 5.41) is 11.7. The van der Waals surface area contributed by atoms with Crippen molar-refractivity contribution < 1.29 is 13.6 Å². The summed E-state index contributed by atoms with van der Waals surface area (Å²) >= 11 is 0. The number of hydrogen-bond donors (Lipinski definition) is 3. The molecule has 0 bridgehead atoms. The number of hydrogen-bond acceptors (Lipinski definition) is 4. The second-order valence-corrected chi connectivity index (χ2v) is 6.39. The zero-order valence-electron chi connectivity index (χ0n) is 10.1. The molecule has 17 heavy (non-hydrogen) atoms. The van der Waals surface area contributed by atoms with Crippen molar-refractivity contribution in [2.45, 2.75) is 51.0 Å². The second kappa shape index (κ2) is 5.68.